The van der Waals surface area contributed by atoms with Crippen molar-refractivity contribution in [1.82, 2.24) is 0 Å². The average molecular weight is 284 g/mol. The summed E-state index contributed by atoms with van der Waals surface area (Å²) < 4.78 is 14.1. The lowest BCUT2D eigenvalue weighted by Gasteiger charge is -2.36. The number of nitrogens with two attached hydrogens (primary N) is 1. The van der Waals surface area contributed by atoms with Gasteiger partial charge in [0.2, 0.25) is 0 Å². The van der Waals surface area contributed by atoms with Crippen LogP contribution in [0.4, 0.5) is 10.1 Å². The Kier molecular flexibility index (Phi) is 4.20. The van der Waals surface area contributed by atoms with Crippen LogP contribution >= 0.6 is 0 Å². The molecule has 110 valence electrons. The molecule has 0 fully saturated rings. The summed E-state index contributed by atoms with van der Waals surface area (Å²) in [6.07, 6.45) is 1.96. The molecule has 0 radical (unpaired) electrons. The molecule has 3 rings (SSSR count). The van der Waals surface area contributed by atoms with Gasteiger partial charge in [0.25, 0.3) is 0 Å². The predicted molar refractivity (Wildman–Crippen MR) is 85.2 cm³/mol. The maximum Gasteiger partial charge on any atom is 0.146 e. The second-order valence-electron chi connectivity index (χ2n) is 5.64. The summed E-state index contributed by atoms with van der Waals surface area (Å²) in [7, 11) is 0. The third kappa shape index (κ3) is 2.93. The monoisotopic (exact) mass is 284 g/mol. The number of halogens is 1. The standard InChI is InChI=1S/C18H21FN2/c19-17-8-3-4-9-18(17)21(11-5-10-20)13-15-12-14-6-1-2-7-16(14)15/h1-4,6-9,15H,5,10-13,20H2. The van der Waals surface area contributed by atoms with Gasteiger partial charge in [0, 0.05) is 19.0 Å². The molecule has 2 aromatic carbocycles. The lowest BCUT2D eigenvalue weighted by atomic mass is 9.77. The molecule has 0 heterocycles. The van der Waals surface area contributed by atoms with Crippen molar-refractivity contribution in [2.24, 2.45) is 5.73 Å². The summed E-state index contributed by atoms with van der Waals surface area (Å²) in [6, 6.07) is 15.5. The highest BCUT2D eigenvalue weighted by atomic mass is 19.1. The fraction of sp³-hybridized carbons (Fsp3) is 0.333. The lowest BCUT2D eigenvalue weighted by Crippen LogP contribution is -2.35. The SMILES string of the molecule is NCCCN(CC1Cc2ccccc21)c1ccccc1F. The van der Waals surface area contributed by atoms with Gasteiger partial charge < -0.3 is 10.6 Å². The quantitative estimate of drug-likeness (QED) is 0.881. The van der Waals surface area contributed by atoms with Gasteiger partial charge in [-0.15, -0.1) is 0 Å². The first-order chi connectivity index (χ1) is 10.3. The van der Waals surface area contributed by atoms with Crippen molar-refractivity contribution in [3.8, 4) is 0 Å². The molecule has 2 aromatic rings. The molecule has 0 spiro atoms. The molecule has 1 aliphatic carbocycles. The van der Waals surface area contributed by atoms with E-state index in [1.165, 1.54) is 17.2 Å². The Balaban J connectivity index is 1.77. The number of anilines is 1. The largest absolute Gasteiger partial charge is 0.369 e. The van der Waals surface area contributed by atoms with Crippen molar-refractivity contribution in [2.45, 2.75) is 18.8 Å². The molecule has 0 bridgehead atoms. The van der Waals surface area contributed by atoms with Crippen LogP contribution in [-0.4, -0.2) is 19.6 Å². The van der Waals surface area contributed by atoms with Gasteiger partial charge in [-0.3, -0.25) is 0 Å². The Labute approximate surface area is 125 Å². The van der Waals surface area contributed by atoms with Gasteiger partial charge in [0.15, 0.2) is 0 Å². The molecule has 1 unspecified atom stereocenters. The molecule has 0 aliphatic heterocycles. The van der Waals surface area contributed by atoms with Gasteiger partial charge >= 0.3 is 0 Å². The number of nitrogens with zero attached hydrogens (tertiary/aromatic N) is 1. The minimum absolute atomic E-state index is 0.151. The van der Waals surface area contributed by atoms with Crippen LogP contribution in [0.1, 0.15) is 23.5 Å². The molecule has 2 N–H and O–H groups in total. The Bertz CT molecular complexity index is 612. The summed E-state index contributed by atoms with van der Waals surface area (Å²) in [5.74, 6) is 0.348. The first-order valence-electron chi connectivity index (χ1n) is 7.57. The number of hydrogen-bond acceptors (Lipinski definition) is 2. The predicted octanol–water partition coefficient (Wildman–Crippen LogP) is 3.32. The molecule has 1 aliphatic rings. The van der Waals surface area contributed by atoms with Crippen LogP contribution in [0.2, 0.25) is 0 Å². The zero-order valence-corrected chi connectivity index (χ0v) is 12.1. The average Bonchev–Trinajstić information content (AvgIpc) is 2.49. The Morgan fingerprint density at radius 1 is 1.10 bits per heavy atom. The maximum atomic E-state index is 14.1. The summed E-state index contributed by atoms with van der Waals surface area (Å²) in [5, 5.41) is 0. The highest BCUT2D eigenvalue weighted by Crippen LogP contribution is 2.36. The second-order valence-corrected chi connectivity index (χ2v) is 5.64. The highest BCUT2D eigenvalue weighted by Gasteiger charge is 2.27. The van der Waals surface area contributed by atoms with Crippen LogP contribution in [-0.2, 0) is 6.42 Å². The smallest absolute Gasteiger partial charge is 0.146 e. The number of rotatable bonds is 6. The zero-order chi connectivity index (χ0) is 14.7. The van der Waals surface area contributed by atoms with E-state index >= 15 is 0 Å². The van der Waals surface area contributed by atoms with E-state index in [0.29, 0.717) is 18.2 Å². The van der Waals surface area contributed by atoms with Crippen LogP contribution in [0.15, 0.2) is 48.5 Å². The van der Waals surface area contributed by atoms with Gasteiger partial charge in [-0.2, -0.15) is 0 Å². The van der Waals surface area contributed by atoms with Crippen LogP contribution in [0.3, 0.4) is 0 Å². The van der Waals surface area contributed by atoms with Crippen molar-refractivity contribution >= 4 is 5.69 Å². The highest BCUT2D eigenvalue weighted by molar-refractivity contribution is 5.50. The summed E-state index contributed by atoms with van der Waals surface area (Å²) in [5.41, 5.74) is 9.15. The lowest BCUT2D eigenvalue weighted by molar-refractivity contribution is 0.559. The first kappa shape index (κ1) is 14.1. The van der Waals surface area contributed by atoms with E-state index in [4.69, 9.17) is 5.73 Å². The number of benzene rings is 2. The molecule has 0 aromatic heterocycles. The molecule has 0 saturated carbocycles. The van der Waals surface area contributed by atoms with E-state index in [1.807, 2.05) is 12.1 Å². The van der Waals surface area contributed by atoms with Crippen LogP contribution in [0, 0.1) is 5.82 Å². The molecule has 3 heteroatoms. The number of para-hydroxylation sites is 1. The molecule has 1 atom stereocenters. The van der Waals surface area contributed by atoms with Gasteiger partial charge in [0.05, 0.1) is 5.69 Å². The minimum atomic E-state index is -0.151. The molecular formula is C18H21FN2. The molecular weight excluding hydrogens is 263 g/mol. The second kappa shape index (κ2) is 6.27. The van der Waals surface area contributed by atoms with Crippen molar-refractivity contribution in [3.63, 3.8) is 0 Å². The Morgan fingerprint density at radius 2 is 1.86 bits per heavy atom. The van der Waals surface area contributed by atoms with Crippen molar-refractivity contribution in [1.29, 1.82) is 0 Å². The van der Waals surface area contributed by atoms with Crippen LogP contribution in [0.25, 0.3) is 0 Å². The normalized spacial score (nSPS) is 16.2. The zero-order valence-electron chi connectivity index (χ0n) is 12.1. The van der Waals surface area contributed by atoms with Gasteiger partial charge in [-0.25, -0.2) is 4.39 Å². The topological polar surface area (TPSA) is 29.3 Å². The van der Waals surface area contributed by atoms with E-state index in [-0.39, 0.29) is 5.82 Å². The van der Waals surface area contributed by atoms with Crippen molar-refractivity contribution in [2.75, 3.05) is 24.5 Å². The van der Waals surface area contributed by atoms with Crippen molar-refractivity contribution in [3.05, 3.63) is 65.5 Å². The van der Waals surface area contributed by atoms with E-state index in [9.17, 15) is 4.39 Å². The number of hydrogen-bond donors (Lipinski definition) is 1. The van der Waals surface area contributed by atoms with Gasteiger partial charge in [-0.05, 0) is 42.6 Å². The fourth-order valence-corrected chi connectivity index (χ4v) is 3.09. The van der Waals surface area contributed by atoms with E-state index in [2.05, 4.69) is 29.2 Å². The van der Waals surface area contributed by atoms with Crippen LogP contribution in [0.5, 0.6) is 0 Å². The molecule has 0 amide bonds. The third-order valence-corrected chi connectivity index (χ3v) is 4.23. The fourth-order valence-electron chi connectivity index (χ4n) is 3.09. The molecule has 21 heavy (non-hydrogen) atoms. The van der Waals surface area contributed by atoms with Gasteiger partial charge in [-0.1, -0.05) is 36.4 Å². The summed E-state index contributed by atoms with van der Waals surface area (Å²) in [6.45, 7) is 2.29. The van der Waals surface area contributed by atoms with Crippen LogP contribution < -0.4 is 10.6 Å². The van der Waals surface area contributed by atoms with E-state index < -0.39 is 0 Å². The first-order valence-corrected chi connectivity index (χ1v) is 7.57. The molecule has 0 saturated heterocycles. The Morgan fingerprint density at radius 3 is 2.62 bits per heavy atom. The van der Waals surface area contributed by atoms with Gasteiger partial charge in [0.1, 0.15) is 5.82 Å². The van der Waals surface area contributed by atoms with E-state index in [0.717, 1.165) is 25.9 Å². The number of fused-ring (bicyclic) bond motifs is 1. The maximum absolute atomic E-state index is 14.1. The Hall–Kier alpha value is -1.87. The third-order valence-electron chi connectivity index (χ3n) is 4.23. The van der Waals surface area contributed by atoms with E-state index in [1.54, 1.807) is 6.07 Å². The molecule has 2 nitrogen and oxygen atoms in total. The minimum Gasteiger partial charge on any atom is -0.369 e. The van der Waals surface area contributed by atoms with Crippen molar-refractivity contribution < 1.29 is 4.39 Å². The summed E-state index contributed by atoms with van der Waals surface area (Å²) in [4.78, 5) is 2.14. The summed E-state index contributed by atoms with van der Waals surface area (Å²) >= 11 is 0.